The molecular weight excluding hydrogens is 607 g/mol. The minimum atomic E-state index is -4.67. The van der Waals surface area contributed by atoms with Crippen LogP contribution in [-0.2, 0) is 39.0 Å². The number of aliphatic imine (C=N–C) groups is 1. The summed E-state index contributed by atoms with van der Waals surface area (Å²) in [6.45, 7) is 13.0. The molecule has 2 aromatic carbocycles. The van der Waals surface area contributed by atoms with Crippen molar-refractivity contribution in [2.45, 2.75) is 102 Å². The molecule has 0 saturated heterocycles. The summed E-state index contributed by atoms with van der Waals surface area (Å²) in [6.07, 6.45) is -7.90. The molecule has 246 valence electrons. The fraction of sp³-hybridized carbons (Fsp3) is 0.594. The van der Waals surface area contributed by atoms with Crippen molar-refractivity contribution in [3.05, 3.63) is 64.7 Å². The van der Waals surface area contributed by atoms with Crippen LogP contribution in [-0.4, -0.2) is 41.6 Å². The van der Waals surface area contributed by atoms with Crippen LogP contribution in [0.2, 0.25) is 0 Å². The molecule has 1 unspecified atom stereocenters. The van der Waals surface area contributed by atoms with E-state index >= 15 is 0 Å². The quantitative estimate of drug-likeness (QED) is 0.138. The maximum atomic E-state index is 14.1. The number of aryl methyl sites for hydroxylation is 2. The Bertz CT molecular complexity index is 1340. The minimum absolute atomic E-state index is 0.00239. The van der Waals surface area contributed by atoms with Gasteiger partial charge in [0.2, 0.25) is 7.37 Å². The average Bonchev–Trinajstić information content (AvgIpc) is 3.27. The van der Waals surface area contributed by atoms with E-state index in [2.05, 4.69) is 4.99 Å². The highest BCUT2D eigenvalue weighted by Crippen LogP contribution is 2.68. The molecule has 2 aromatic rings. The van der Waals surface area contributed by atoms with Crippen molar-refractivity contribution in [3.63, 3.8) is 0 Å². The highest BCUT2D eigenvalue weighted by atomic mass is 31.2. The molecule has 1 atom stereocenters. The molecule has 5 nitrogen and oxygen atoms in total. The molecule has 0 aliphatic carbocycles. The highest BCUT2D eigenvalue weighted by Gasteiger charge is 2.50. The summed E-state index contributed by atoms with van der Waals surface area (Å²) in [7, 11) is -3.21. The molecule has 0 radical (unpaired) electrons. The summed E-state index contributed by atoms with van der Waals surface area (Å²) in [6, 6.07) is 8.56. The summed E-state index contributed by atoms with van der Waals surface area (Å²) in [4.78, 5) is 4.63. The number of nitrogens with zero attached hydrogens (tertiary/aromatic N) is 1. The van der Waals surface area contributed by atoms with Crippen molar-refractivity contribution >= 4 is 13.3 Å². The third-order valence-electron chi connectivity index (χ3n) is 7.60. The number of hydrogen-bond donors (Lipinski definition) is 0. The fourth-order valence-electron chi connectivity index (χ4n) is 5.29. The topological polar surface area (TPSA) is 57.1 Å². The summed E-state index contributed by atoms with van der Waals surface area (Å²) in [5.74, 6) is 0.118. The molecule has 0 amide bonds. The van der Waals surface area contributed by atoms with E-state index in [1.165, 1.54) is 18.2 Å². The van der Waals surface area contributed by atoms with Gasteiger partial charge in [-0.15, -0.1) is 0 Å². The van der Waals surface area contributed by atoms with Gasteiger partial charge in [0.25, 0.3) is 0 Å². The van der Waals surface area contributed by atoms with E-state index in [0.29, 0.717) is 36.3 Å². The van der Waals surface area contributed by atoms with E-state index in [1.54, 1.807) is 13.0 Å². The first-order valence-electron chi connectivity index (χ1n) is 14.5. The second kappa shape index (κ2) is 13.1. The van der Waals surface area contributed by atoms with Crippen LogP contribution in [0.25, 0.3) is 0 Å². The van der Waals surface area contributed by atoms with E-state index in [4.69, 9.17) is 14.0 Å². The Morgan fingerprint density at radius 1 is 0.864 bits per heavy atom. The Morgan fingerprint density at radius 2 is 1.45 bits per heavy atom. The number of hydrogen-bond acceptors (Lipinski definition) is 5. The fourth-order valence-corrected chi connectivity index (χ4v) is 8.50. The second-order valence-electron chi connectivity index (χ2n) is 13.3. The molecule has 0 bridgehead atoms. The van der Waals surface area contributed by atoms with Crippen molar-refractivity contribution in [1.82, 2.24) is 0 Å². The normalized spacial score (nSPS) is 18.2. The molecule has 0 aromatic heterocycles. The van der Waals surface area contributed by atoms with Crippen LogP contribution in [0.1, 0.15) is 83.6 Å². The van der Waals surface area contributed by atoms with Crippen LogP contribution in [0.3, 0.4) is 0 Å². The Labute approximate surface area is 255 Å². The summed E-state index contributed by atoms with van der Waals surface area (Å²) in [5.41, 5.74) is -1.53. The van der Waals surface area contributed by atoms with Crippen molar-refractivity contribution < 1.29 is 44.9 Å². The summed E-state index contributed by atoms with van der Waals surface area (Å²) < 4.78 is 112. The maximum absolute atomic E-state index is 14.1. The predicted octanol–water partition coefficient (Wildman–Crippen LogP) is 9.75. The average molecular weight is 650 g/mol. The Kier molecular flexibility index (Phi) is 10.7. The minimum Gasteiger partial charge on any atom is -0.493 e. The second-order valence-corrected chi connectivity index (χ2v) is 17.3. The highest BCUT2D eigenvalue weighted by molar-refractivity contribution is 7.62. The Morgan fingerprint density at radius 3 is 1.95 bits per heavy atom. The van der Waals surface area contributed by atoms with Crippen LogP contribution in [0.4, 0.5) is 26.3 Å². The van der Waals surface area contributed by atoms with E-state index in [9.17, 15) is 30.9 Å². The first kappa shape index (κ1) is 36.0. The molecule has 0 saturated carbocycles. The van der Waals surface area contributed by atoms with Gasteiger partial charge in [-0.1, -0.05) is 59.7 Å². The largest absolute Gasteiger partial charge is 0.493 e. The van der Waals surface area contributed by atoms with Gasteiger partial charge in [0, 0.05) is 17.2 Å². The number of alkyl halides is 6. The number of rotatable bonds is 11. The molecule has 0 N–H and O–H groups in total. The summed E-state index contributed by atoms with van der Waals surface area (Å²) in [5, 5.41) is -1.28. The molecule has 1 heterocycles. The molecule has 1 aliphatic rings. The van der Waals surface area contributed by atoms with E-state index < -0.39 is 46.7 Å². The standard InChI is InChI=1S/C32H42F6NO4P/c1-22-39-30(20-42-22,21-43-44(40,28(2,3)4)29(5,6)7)17-16-24-12-15-27(26(19-24)32(36,37)38)41-18-8-9-23-10-13-25(14-11-23)31(33,34)35/h10-15,19H,8-9,16-18,20-21H2,1-7H3. The predicted molar refractivity (Wildman–Crippen MR) is 160 cm³/mol. The van der Waals surface area contributed by atoms with E-state index in [1.807, 2.05) is 41.5 Å². The zero-order valence-corrected chi connectivity index (χ0v) is 27.2. The van der Waals surface area contributed by atoms with Crippen LogP contribution >= 0.6 is 7.37 Å². The zero-order valence-electron chi connectivity index (χ0n) is 26.3. The third kappa shape index (κ3) is 8.81. The van der Waals surface area contributed by atoms with Gasteiger partial charge in [0.1, 0.15) is 17.9 Å². The third-order valence-corrected chi connectivity index (χ3v) is 11.6. The lowest BCUT2D eigenvalue weighted by Crippen LogP contribution is -2.38. The first-order chi connectivity index (χ1) is 20.1. The lowest BCUT2D eigenvalue weighted by molar-refractivity contribution is -0.139. The van der Waals surface area contributed by atoms with Gasteiger partial charge < -0.3 is 14.0 Å². The van der Waals surface area contributed by atoms with Crippen LogP contribution in [0.15, 0.2) is 47.5 Å². The number of benzene rings is 2. The molecule has 1 aliphatic heterocycles. The monoisotopic (exact) mass is 649 g/mol. The molecule has 3 rings (SSSR count). The Balaban J connectivity index is 1.69. The smallest absolute Gasteiger partial charge is 0.419 e. The van der Waals surface area contributed by atoms with Crippen molar-refractivity contribution in [3.8, 4) is 5.75 Å². The zero-order chi connectivity index (χ0) is 33.2. The van der Waals surface area contributed by atoms with Gasteiger partial charge in [-0.25, -0.2) is 4.99 Å². The van der Waals surface area contributed by atoms with Crippen LogP contribution in [0, 0.1) is 0 Å². The van der Waals surface area contributed by atoms with Crippen LogP contribution in [0.5, 0.6) is 5.75 Å². The lowest BCUT2D eigenvalue weighted by atomic mass is 9.93. The maximum Gasteiger partial charge on any atom is 0.419 e. The van der Waals surface area contributed by atoms with Gasteiger partial charge >= 0.3 is 12.4 Å². The van der Waals surface area contributed by atoms with Gasteiger partial charge in [-0.05, 0) is 61.1 Å². The van der Waals surface area contributed by atoms with Gasteiger partial charge in [0.05, 0.1) is 24.3 Å². The molecule has 44 heavy (non-hydrogen) atoms. The first-order valence-corrected chi connectivity index (χ1v) is 16.1. The van der Waals surface area contributed by atoms with Gasteiger partial charge in [0.15, 0.2) is 5.90 Å². The number of halogens is 6. The van der Waals surface area contributed by atoms with Gasteiger partial charge in [-0.3, -0.25) is 4.57 Å². The van der Waals surface area contributed by atoms with Crippen molar-refractivity contribution in [2.75, 3.05) is 19.8 Å². The molecule has 0 spiro atoms. The van der Waals surface area contributed by atoms with Gasteiger partial charge in [-0.2, -0.15) is 26.3 Å². The number of ether oxygens (including phenoxy) is 2. The van der Waals surface area contributed by atoms with E-state index in [0.717, 1.165) is 18.2 Å². The van der Waals surface area contributed by atoms with Crippen molar-refractivity contribution in [1.29, 1.82) is 0 Å². The van der Waals surface area contributed by atoms with E-state index in [-0.39, 0.29) is 32.0 Å². The molecule has 12 heteroatoms. The van der Waals surface area contributed by atoms with Crippen molar-refractivity contribution in [2.24, 2.45) is 4.99 Å². The lowest BCUT2D eigenvalue weighted by Gasteiger charge is -2.41. The SMILES string of the molecule is CC1=NC(CCc2ccc(OCCCc3ccc(C(F)(F)F)cc3)c(C(F)(F)F)c2)(COP(=O)(C(C)(C)C)C(C)(C)C)CO1. The van der Waals surface area contributed by atoms with Crippen LogP contribution < -0.4 is 4.74 Å². The Hall–Kier alpha value is -2.52. The molecule has 0 fully saturated rings. The summed E-state index contributed by atoms with van der Waals surface area (Å²) >= 11 is 0. The molecular formula is C32H42F6NO4P.